The van der Waals surface area contributed by atoms with Crippen molar-refractivity contribution in [3.8, 4) is 28.7 Å². The van der Waals surface area contributed by atoms with Gasteiger partial charge in [0.25, 0.3) is 0 Å². The van der Waals surface area contributed by atoms with E-state index >= 15 is 0 Å². The average molecular weight is 462 g/mol. The molecule has 0 saturated carbocycles. The number of nitriles is 1. The van der Waals surface area contributed by atoms with E-state index in [1.807, 2.05) is 23.6 Å². The molecule has 9 heteroatoms. The van der Waals surface area contributed by atoms with Crippen LogP contribution in [0.15, 0.2) is 53.5 Å². The van der Waals surface area contributed by atoms with Crippen LogP contribution in [0.1, 0.15) is 34.1 Å². The summed E-state index contributed by atoms with van der Waals surface area (Å²) in [5, 5.41) is 10.2. The van der Waals surface area contributed by atoms with Crippen LogP contribution in [0.4, 0.5) is 5.69 Å². The monoisotopic (exact) mass is 461 g/mol. The highest BCUT2D eigenvalue weighted by Gasteiger charge is 2.25. The molecule has 0 saturated heterocycles. The largest absolute Gasteiger partial charge is 0.462 e. The fraction of sp³-hybridized carbons (Fsp3) is 0.167. The number of ether oxygens (including phenoxy) is 1. The van der Waals surface area contributed by atoms with Crippen LogP contribution in [0.5, 0.6) is 0 Å². The summed E-state index contributed by atoms with van der Waals surface area (Å²) in [6.45, 7) is 4.17. The van der Waals surface area contributed by atoms with Gasteiger partial charge in [-0.25, -0.2) is 14.8 Å². The summed E-state index contributed by atoms with van der Waals surface area (Å²) < 4.78 is 12.6. The summed E-state index contributed by atoms with van der Waals surface area (Å²) in [6.07, 6.45) is 4.46. The van der Waals surface area contributed by atoms with Gasteiger partial charge >= 0.3 is 5.97 Å². The quantitative estimate of drug-likeness (QED) is 0.247. The minimum atomic E-state index is -0.545. The normalized spacial score (nSPS) is 10.7. The lowest BCUT2D eigenvalue weighted by Crippen LogP contribution is -2.09. The Balaban J connectivity index is 1.89. The van der Waals surface area contributed by atoms with Gasteiger partial charge in [-0.2, -0.15) is 5.26 Å². The number of halogens is 1. The van der Waals surface area contributed by atoms with Gasteiger partial charge in [-0.1, -0.05) is 23.7 Å². The number of nitrogens with zero attached hydrogens (tertiary/aromatic N) is 4. The molecule has 1 aromatic carbocycles. The van der Waals surface area contributed by atoms with E-state index in [2.05, 4.69) is 16.0 Å². The number of aromatic nitrogens is 3. The minimum absolute atomic E-state index is 0.0668. The third-order valence-corrected chi connectivity index (χ3v) is 5.53. The van der Waals surface area contributed by atoms with Crippen LogP contribution in [0.3, 0.4) is 0 Å². The summed E-state index contributed by atoms with van der Waals surface area (Å²) in [5.74, 6) is -0.0966. The molecule has 0 atom stereocenters. The number of oxazole rings is 1. The maximum atomic E-state index is 12.3. The standard InChI is InChI=1S/C24H20ClN5O3/c1-3-32-24(31)18-8-15(10-29-23(18)25)12-30-14(2)21(16-4-6-17(27)7-5-16)19(9-26)22(30)20-11-28-13-33-20/h4-8,10-11,13H,3,12,27H2,1-2H3. The third-order valence-electron chi connectivity index (χ3n) is 5.23. The van der Waals surface area contributed by atoms with Gasteiger partial charge in [-0.3, -0.25) is 0 Å². The lowest BCUT2D eigenvalue weighted by molar-refractivity contribution is 0.0526. The molecule has 0 aliphatic rings. The number of rotatable bonds is 6. The van der Waals surface area contributed by atoms with Gasteiger partial charge in [0.1, 0.15) is 16.9 Å². The molecule has 33 heavy (non-hydrogen) atoms. The number of nitrogens with two attached hydrogens (primary N) is 1. The zero-order valence-electron chi connectivity index (χ0n) is 18.0. The van der Waals surface area contributed by atoms with Crippen molar-refractivity contribution >= 4 is 23.3 Å². The van der Waals surface area contributed by atoms with Gasteiger partial charge < -0.3 is 19.5 Å². The van der Waals surface area contributed by atoms with Crippen molar-refractivity contribution < 1.29 is 13.9 Å². The SMILES string of the molecule is CCOC(=O)c1cc(Cn2c(C)c(-c3ccc(N)cc3)c(C#N)c2-c2cnco2)cnc1Cl. The molecule has 0 aliphatic carbocycles. The number of carbonyl (C=O) groups excluding carboxylic acids is 1. The Morgan fingerprint density at radius 1 is 1.30 bits per heavy atom. The van der Waals surface area contributed by atoms with Crippen molar-refractivity contribution in [2.75, 3.05) is 12.3 Å². The zero-order valence-corrected chi connectivity index (χ0v) is 18.8. The second kappa shape index (κ2) is 9.18. The van der Waals surface area contributed by atoms with Crippen LogP contribution < -0.4 is 5.73 Å². The first-order valence-corrected chi connectivity index (χ1v) is 10.5. The van der Waals surface area contributed by atoms with Crippen molar-refractivity contribution in [2.45, 2.75) is 20.4 Å². The molecular formula is C24H20ClN5O3. The van der Waals surface area contributed by atoms with Crippen LogP contribution in [0.2, 0.25) is 5.15 Å². The Morgan fingerprint density at radius 2 is 2.06 bits per heavy atom. The molecular weight excluding hydrogens is 442 g/mol. The summed E-state index contributed by atoms with van der Waals surface area (Å²) >= 11 is 6.12. The molecule has 0 amide bonds. The van der Waals surface area contributed by atoms with Crippen molar-refractivity contribution in [1.82, 2.24) is 14.5 Å². The van der Waals surface area contributed by atoms with Crippen LogP contribution in [-0.4, -0.2) is 27.1 Å². The van der Waals surface area contributed by atoms with Gasteiger partial charge in [0, 0.05) is 29.7 Å². The van der Waals surface area contributed by atoms with Gasteiger partial charge in [-0.05, 0) is 43.2 Å². The highest BCUT2D eigenvalue weighted by Crippen LogP contribution is 2.38. The zero-order chi connectivity index (χ0) is 23.5. The van der Waals surface area contributed by atoms with Crippen LogP contribution in [-0.2, 0) is 11.3 Å². The van der Waals surface area contributed by atoms with Crippen LogP contribution >= 0.6 is 11.6 Å². The Kier molecular flexibility index (Phi) is 6.16. The Morgan fingerprint density at radius 3 is 2.70 bits per heavy atom. The molecule has 0 radical (unpaired) electrons. The van der Waals surface area contributed by atoms with E-state index in [0.717, 1.165) is 16.8 Å². The molecule has 3 heterocycles. The Bertz CT molecular complexity index is 1350. The fourth-order valence-electron chi connectivity index (χ4n) is 3.75. The van der Waals surface area contributed by atoms with Crippen LogP contribution in [0, 0.1) is 18.3 Å². The van der Waals surface area contributed by atoms with Gasteiger partial charge in [-0.15, -0.1) is 0 Å². The van der Waals surface area contributed by atoms with Crippen molar-refractivity contribution in [1.29, 1.82) is 5.26 Å². The maximum Gasteiger partial charge on any atom is 0.341 e. The molecule has 0 bridgehead atoms. The van der Waals surface area contributed by atoms with Crippen LogP contribution in [0.25, 0.3) is 22.6 Å². The molecule has 0 aliphatic heterocycles. The van der Waals surface area contributed by atoms with Crippen molar-refractivity contribution in [3.63, 3.8) is 0 Å². The van der Waals surface area contributed by atoms with E-state index in [4.69, 9.17) is 26.5 Å². The smallest absolute Gasteiger partial charge is 0.341 e. The molecule has 0 spiro atoms. The summed E-state index contributed by atoms with van der Waals surface area (Å²) in [6, 6.07) is 11.3. The molecule has 8 nitrogen and oxygen atoms in total. The molecule has 166 valence electrons. The Hall–Kier alpha value is -4.09. The van der Waals surface area contributed by atoms with E-state index in [1.165, 1.54) is 6.39 Å². The maximum absolute atomic E-state index is 12.3. The molecule has 0 fully saturated rings. The predicted molar refractivity (Wildman–Crippen MR) is 124 cm³/mol. The first-order valence-electron chi connectivity index (χ1n) is 10.1. The van der Waals surface area contributed by atoms with E-state index in [-0.39, 0.29) is 17.3 Å². The summed E-state index contributed by atoms with van der Waals surface area (Å²) in [5.41, 5.74) is 10.8. The third kappa shape index (κ3) is 4.19. The second-order valence-corrected chi connectivity index (χ2v) is 7.63. The number of benzene rings is 1. The topological polar surface area (TPSA) is 120 Å². The fourth-order valence-corrected chi connectivity index (χ4v) is 3.93. The Labute approximate surface area is 195 Å². The number of carbonyl (C=O) groups is 1. The number of hydrogen-bond acceptors (Lipinski definition) is 7. The molecule has 4 aromatic rings. The van der Waals surface area contributed by atoms with Gasteiger partial charge in [0.05, 0.1) is 23.9 Å². The van der Waals surface area contributed by atoms with E-state index in [1.54, 1.807) is 37.5 Å². The second-order valence-electron chi connectivity index (χ2n) is 7.27. The predicted octanol–water partition coefficient (Wildman–Crippen LogP) is 4.85. The lowest BCUT2D eigenvalue weighted by atomic mass is 10.0. The number of nitrogen functional groups attached to an aromatic ring is 1. The van der Waals surface area contributed by atoms with E-state index in [9.17, 15) is 10.1 Å². The van der Waals surface area contributed by atoms with Crippen molar-refractivity contribution in [2.24, 2.45) is 0 Å². The molecule has 3 aromatic heterocycles. The minimum Gasteiger partial charge on any atom is -0.462 e. The molecule has 0 unspecified atom stereocenters. The van der Waals surface area contributed by atoms with Gasteiger partial charge in [0.15, 0.2) is 12.2 Å². The number of esters is 1. The first kappa shape index (κ1) is 22.1. The highest BCUT2D eigenvalue weighted by molar-refractivity contribution is 6.32. The van der Waals surface area contributed by atoms with Gasteiger partial charge in [0.2, 0.25) is 0 Å². The highest BCUT2D eigenvalue weighted by atomic mass is 35.5. The molecule has 4 rings (SSSR count). The average Bonchev–Trinajstić information content (AvgIpc) is 3.42. The van der Waals surface area contributed by atoms with Crippen molar-refractivity contribution in [3.05, 3.63) is 76.7 Å². The van der Waals surface area contributed by atoms with E-state index in [0.29, 0.717) is 34.8 Å². The summed E-state index contributed by atoms with van der Waals surface area (Å²) in [4.78, 5) is 20.5. The first-order chi connectivity index (χ1) is 15.9. The summed E-state index contributed by atoms with van der Waals surface area (Å²) in [7, 11) is 0. The number of hydrogen-bond donors (Lipinski definition) is 1. The molecule has 2 N–H and O–H groups in total. The number of pyridine rings is 1. The van der Waals surface area contributed by atoms with E-state index < -0.39 is 5.97 Å². The lowest BCUT2D eigenvalue weighted by Gasteiger charge is -2.12. The number of anilines is 1.